The van der Waals surface area contributed by atoms with Gasteiger partial charge in [0.05, 0.1) is 6.04 Å². The highest BCUT2D eigenvalue weighted by Gasteiger charge is 2.31. The lowest BCUT2D eigenvalue weighted by molar-refractivity contribution is -0.274. The van der Waals surface area contributed by atoms with Crippen LogP contribution in [0, 0.1) is 6.92 Å². The molecule has 1 heterocycles. The molecule has 4 aromatic rings. The van der Waals surface area contributed by atoms with Gasteiger partial charge in [-0.15, -0.1) is 13.2 Å². The maximum absolute atomic E-state index is 13.3. The third-order valence-corrected chi connectivity index (χ3v) is 5.98. The summed E-state index contributed by atoms with van der Waals surface area (Å²) in [6.45, 7) is 3.79. The van der Waals surface area contributed by atoms with Gasteiger partial charge in [0.25, 0.3) is 5.56 Å². The van der Waals surface area contributed by atoms with Gasteiger partial charge in [0.2, 0.25) is 5.91 Å². The Hall–Kier alpha value is -4.07. The van der Waals surface area contributed by atoms with E-state index in [1.54, 1.807) is 37.4 Å². The van der Waals surface area contributed by atoms with Crippen molar-refractivity contribution in [1.29, 1.82) is 0 Å². The topological polar surface area (TPSA) is 60.3 Å². The molecule has 4 rings (SSSR count). The summed E-state index contributed by atoms with van der Waals surface area (Å²) in [6, 6.07) is 19.9. The number of aryl methyl sites for hydroxylation is 2. The van der Waals surface area contributed by atoms with Gasteiger partial charge < -0.3 is 14.6 Å². The minimum absolute atomic E-state index is 0.150. The number of hydrogen-bond acceptors (Lipinski definition) is 3. The van der Waals surface area contributed by atoms with E-state index in [-0.39, 0.29) is 17.2 Å². The number of carbonyl (C=O) groups excluding carboxylic acids is 1. The summed E-state index contributed by atoms with van der Waals surface area (Å²) in [5, 5.41) is 3.95. The fourth-order valence-corrected chi connectivity index (χ4v) is 4.15. The van der Waals surface area contributed by atoms with E-state index < -0.39 is 12.4 Å². The number of benzene rings is 3. The average Bonchev–Trinajstić information content (AvgIpc) is 2.83. The molecule has 1 atom stereocenters. The molecule has 0 saturated carbocycles. The number of anilines is 1. The number of fused-ring (bicyclic) bond motifs is 1. The second kappa shape index (κ2) is 10.3. The summed E-state index contributed by atoms with van der Waals surface area (Å²) >= 11 is 0. The van der Waals surface area contributed by atoms with Crippen LogP contribution in [0.3, 0.4) is 0 Å². The van der Waals surface area contributed by atoms with Gasteiger partial charge >= 0.3 is 6.36 Å². The molecular weight excluding hydrogens is 469 g/mol. The number of amides is 1. The molecule has 1 N–H and O–H groups in total. The molecule has 0 spiro atoms. The van der Waals surface area contributed by atoms with E-state index in [2.05, 4.69) is 10.1 Å². The van der Waals surface area contributed by atoms with Crippen LogP contribution in [0.4, 0.5) is 18.9 Å². The number of rotatable bonds is 7. The van der Waals surface area contributed by atoms with Crippen LogP contribution in [0.25, 0.3) is 10.8 Å². The molecule has 8 heteroatoms. The number of nitrogens with one attached hydrogen (secondary N) is 1. The second-order valence-electron chi connectivity index (χ2n) is 8.63. The molecule has 1 unspecified atom stereocenters. The molecule has 3 aromatic carbocycles. The highest BCUT2D eigenvalue weighted by Crippen LogP contribution is 2.27. The van der Waals surface area contributed by atoms with E-state index in [0.29, 0.717) is 34.9 Å². The van der Waals surface area contributed by atoms with Crippen molar-refractivity contribution < 1.29 is 22.7 Å². The van der Waals surface area contributed by atoms with Crippen LogP contribution in [0.1, 0.15) is 36.1 Å². The third-order valence-electron chi connectivity index (χ3n) is 5.98. The zero-order chi connectivity index (χ0) is 25.9. The van der Waals surface area contributed by atoms with Crippen molar-refractivity contribution in [2.24, 2.45) is 0 Å². The molecule has 0 radical (unpaired) electrons. The van der Waals surface area contributed by atoms with Crippen LogP contribution in [0.5, 0.6) is 5.75 Å². The molecule has 1 aromatic heterocycles. The van der Waals surface area contributed by atoms with Gasteiger partial charge in [-0.1, -0.05) is 48.0 Å². The highest BCUT2D eigenvalue weighted by atomic mass is 19.4. The number of nitrogens with zero attached hydrogens (tertiary/aromatic N) is 1. The number of halogens is 3. The number of carbonyl (C=O) groups is 1. The Kier molecular flexibility index (Phi) is 7.15. The first-order chi connectivity index (χ1) is 17.1. The summed E-state index contributed by atoms with van der Waals surface area (Å²) in [5.41, 5.74) is 3.14. The van der Waals surface area contributed by atoms with E-state index in [9.17, 15) is 22.8 Å². The Labute approximate surface area is 206 Å². The van der Waals surface area contributed by atoms with Crippen molar-refractivity contribution in [3.05, 3.63) is 106 Å². The van der Waals surface area contributed by atoms with Gasteiger partial charge in [-0.05, 0) is 61.7 Å². The Balaban J connectivity index is 1.52. The van der Waals surface area contributed by atoms with Crippen LogP contribution in [-0.2, 0) is 11.2 Å². The van der Waals surface area contributed by atoms with Crippen molar-refractivity contribution in [1.82, 2.24) is 4.57 Å². The quantitative estimate of drug-likeness (QED) is 0.324. The normalized spacial score (nSPS) is 12.4. The smallest absolute Gasteiger partial charge is 0.406 e. The van der Waals surface area contributed by atoms with Gasteiger partial charge in [0.1, 0.15) is 5.75 Å². The largest absolute Gasteiger partial charge is 0.573 e. The Morgan fingerprint density at radius 3 is 2.42 bits per heavy atom. The third kappa shape index (κ3) is 5.94. The molecule has 0 fully saturated rings. The summed E-state index contributed by atoms with van der Waals surface area (Å²) < 4.78 is 42.7. The van der Waals surface area contributed by atoms with E-state index in [1.807, 2.05) is 31.2 Å². The first-order valence-electron chi connectivity index (χ1n) is 11.5. The number of pyridine rings is 1. The maximum Gasteiger partial charge on any atom is 0.573 e. The van der Waals surface area contributed by atoms with Gasteiger partial charge in [-0.3, -0.25) is 9.59 Å². The predicted octanol–water partition coefficient (Wildman–Crippen LogP) is 6.39. The summed E-state index contributed by atoms with van der Waals surface area (Å²) in [5.74, 6) is -0.477. The molecule has 0 aliphatic rings. The number of ether oxygens (including phenoxy) is 1. The molecular formula is C28H25F3N2O3. The van der Waals surface area contributed by atoms with Gasteiger partial charge in [-0.2, -0.15) is 0 Å². The lowest BCUT2D eigenvalue weighted by atomic mass is 10.1. The minimum Gasteiger partial charge on any atom is -0.406 e. The molecule has 0 saturated heterocycles. The zero-order valence-electron chi connectivity index (χ0n) is 19.8. The van der Waals surface area contributed by atoms with Gasteiger partial charge in [-0.25, -0.2) is 0 Å². The fraction of sp³-hybridized carbons (Fsp3) is 0.214. The van der Waals surface area contributed by atoms with Crippen molar-refractivity contribution in [2.45, 2.75) is 39.1 Å². The monoisotopic (exact) mass is 494 g/mol. The standard InChI is InChI=1S/C28H25F3N2O3/c1-18-5-3-6-20(17-18)9-14-26(34)32-25-8-4-7-24-23(25)15-16-33(27(24)35)19(2)21-10-12-22(13-11-21)36-28(29,30)31/h3-8,10-13,15-17,19H,9,14H2,1-2H3,(H,32,34). The van der Waals surface area contributed by atoms with Crippen molar-refractivity contribution in [3.63, 3.8) is 0 Å². The van der Waals surface area contributed by atoms with Crippen LogP contribution < -0.4 is 15.6 Å². The maximum atomic E-state index is 13.3. The number of aromatic nitrogens is 1. The lowest BCUT2D eigenvalue weighted by Crippen LogP contribution is -2.24. The zero-order valence-corrected chi connectivity index (χ0v) is 19.8. The first kappa shape index (κ1) is 25.0. The molecule has 0 bridgehead atoms. The van der Waals surface area contributed by atoms with Crippen LogP contribution >= 0.6 is 0 Å². The minimum atomic E-state index is -4.77. The SMILES string of the molecule is Cc1cccc(CCC(=O)Nc2cccc3c(=O)n(C(C)c4ccc(OC(F)(F)F)cc4)ccc23)c1. The van der Waals surface area contributed by atoms with Crippen molar-refractivity contribution in [3.8, 4) is 5.75 Å². The Morgan fingerprint density at radius 2 is 1.72 bits per heavy atom. The highest BCUT2D eigenvalue weighted by molar-refractivity contribution is 6.01. The van der Waals surface area contributed by atoms with Crippen LogP contribution in [-0.4, -0.2) is 16.8 Å². The summed E-state index contributed by atoms with van der Waals surface area (Å²) in [6.07, 6.45) is -2.23. The first-order valence-corrected chi connectivity index (χ1v) is 11.5. The molecule has 1 amide bonds. The Bertz CT molecular complexity index is 1440. The lowest BCUT2D eigenvalue weighted by Gasteiger charge is -2.18. The fourth-order valence-electron chi connectivity index (χ4n) is 4.15. The molecule has 186 valence electrons. The molecule has 0 aliphatic carbocycles. The number of hydrogen-bond donors (Lipinski definition) is 1. The van der Waals surface area contributed by atoms with Crippen molar-refractivity contribution in [2.75, 3.05) is 5.32 Å². The number of alkyl halides is 3. The van der Waals surface area contributed by atoms with E-state index >= 15 is 0 Å². The molecule has 0 aliphatic heterocycles. The van der Waals surface area contributed by atoms with Crippen LogP contribution in [0.15, 0.2) is 83.8 Å². The van der Waals surface area contributed by atoms with Crippen molar-refractivity contribution >= 4 is 22.4 Å². The van der Waals surface area contributed by atoms with E-state index in [4.69, 9.17) is 0 Å². The predicted molar refractivity (Wildman–Crippen MR) is 133 cm³/mol. The summed E-state index contributed by atoms with van der Waals surface area (Å²) in [7, 11) is 0. The summed E-state index contributed by atoms with van der Waals surface area (Å²) in [4.78, 5) is 25.9. The Morgan fingerprint density at radius 1 is 1.00 bits per heavy atom. The average molecular weight is 495 g/mol. The van der Waals surface area contributed by atoms with E-state index in [0.717, 1.165) is 11.1 Å². The second-order valence-corrected chi connectivity index (χ2v) is 8.63. The molecule has 36 heavy (non-hydrogen) atoms. The van der Waals surface area contributed by atoms with Crippen LogP contribution in [0.2, 0.25) is 0 Å². The van der Waals surface area contributed by atoms with Gasteiger partial charge in [0.15, 0.2) is 0 Å². The van der Waals surface area contributed by atoms with Gasteiger partial charge in [0, 0.05) is 29.1 Å². The molecule has 5 nitrogen and oxygen atoms in total. The van der Waals surface area contributed by atoms with E-state index in [1.165, 1.54) is 28.8 Å².